The first kappa shape index (κ1) is 17.5. The third-order valence-corrected chi connectivity index (χ3v) is 3.90. The minimum Gasteiger partial charge on any atom is -0.468 e. The van der Waals surface area contributed by atoms with Crippen molar-refractivity contribution in [2.24, 2.45) is 5.73 Å². The maximum absolute atomic E-state index is 12.0. The molecule has 0 atom stereocenters. The van der Waals surface area contributed by atoms with Crippen molar-refractivity contribution in [3.8, 4) is 0 Å². The summed E-state index contributed by atoms with van der Waals surface area (Å²) in [5, 5.41) is 6.91. The number of anilines is 1. The van der Waals surface area contributed by atoms with Gasteiger partial charge < -0.3 is 15.8 Å². The van der Waals surface area contributed by atoms with E-state index in [1.165, 1.54) is 13.3 Å². The van der Waals surface area contributed by atoms with Crippen LogP contribution in [0, 0.1) is 0 Å². The monoisotopic (exact) mass is 316 g/mol. The number of nitrogens with zero attached hydrogens (tertiary/aromatic N) is 2. The molecule has 0 bridgehead atoms. The second kappa shape index (κ2) is 7.42. The molecule has 0 aromatic carbocycles. The number of carbonyl (C=O) groups is 1. The molecule has 0 spiro atoms. The zero-order valence-electron chi connectivity index (χ0n) is 12.5. The summed E-state index contributed by atoms with van der Waals surface area (Å²) in [4.78, 5) is 23.2. The van der Waals surface area contributed by atoms with Gasteiger partial charge in [-0.1, -0.05) is 25.4 Å². The summed E-state index contributed by atoms with van der Waals surface area (Å²) in [7, 11) is 1.24. The van der Waals surface area contributed by atoms with Gasteiger partial charge in [0.2, 0.25) is 0 Å². The maximum Gasteiger partial charge on any atom is 0.327 e. The fourth-order valence-electron chi connectivity index (χ4n) is 1.66. The van der Waals surface area contributed by atoms with Crippen LogP contribution in [0.25, 0.3) is 0 Å². The van der Waals surface area contributed by atoms with E-state index in [2.05, 4.69) is 15.2 Å². The van der Waals surface area contributed by atoms with Gasteiger partial charge in [-0.05, 0) is 12.8 Å². The van der Waals surface area contributed by atoms with Gasteiger partial charge in [-0.2, -0.15) is 5.10 Å². The number of nitrogens with one attached hydrogen (secondary N) is 1. The summed E-state index contributed by atoms with van der Waals surface area (Å²) in [5.41, 5.74) is 5.65. The first-order valence-corrected chi connectivity index (χ1v) is 7.09. The molecule has 0 aliphatic carbocycles. The predicted molar refractivity (Wildman–Crippen MR) is 81.5 cm³/mol. The van der Waals surface area contributed by atoms with E-state index in [-0.39, 0.29) is 17.1 Å². The summed E-state index contributed by atoms with van der Waals surface area (Å²) in [6.45, 7) is 4.20. The molecule has 118 valence electrons. The Morgan fingerprint density at radius 3 is 2.67 bits per heavy atom. The summed E-state index contributed by atoms with van der Waals surface area (Å²) in [5.74, 6) is -0.570. The number of methoxy groups -OCH3 is 1. The summed E-state index contributed by atoms with van der Waals surface area (Å²) < 4.78 is 5.44. The van der Waals surface area contributed by atoms with Gasteiger partial charge in [0.25, 0.3) is 5.56 Å². The van der Waals surface area contributed by atoms with Crippen LogP contribution in [0.3, 0.4) is 0 Å². The molecule has 0 radical (unpaired) electrons. The lowest BCUT2D eigenvalue weighted by atomic mass is 9.94. The standard InChI is InChI=1S/C13H21ClN4O3/c1-4-13(15,5-2)8-16-9-6-17-18(7-10(19)21-3)12(20)11(9)14/h6,16H,4-5,7-8,15H2,1-3H3. The number of aromatic nitrogens is 2. The zero-order valence-corrected chi connectivity index (χ0v) is 13.2. The molecule has 0 saturated heterocycles. The van der Waals surface area contributed by atoms with Gasteiger partial charge >= 0.3 is 5.97 Å². The highest BCUT2D eigenvalue weighted by molar-refractivity contribution is 6.32. The maximum atomic E-state index is 12.0. The van der Waals surface area contributed by atoms with Crippen LogP contribution in [-0.2, 0) is 16.1 Å². The normalized spacial score (nSPS) is 11.3. The van der Waals surface area contributed by atoms with E-state index in [1.807, 2.05) is 13.8 Å². The number of esters is 1. The van der Waals surface area contributed by atoms with E-state index in [0.29, 0.717) is 12.2 Å². The van der Waals surface area contributed by atoms with Crippen LogP contribution in [0.2, 0.25) is 5.02 Å². The van der Waals surface area contributed by atoms with Gasteiger partial charge in [-0.15, -0.1) is 0 Å². The van der Waals surface area contributed by atoms with Crippen molar-refractivity contribution in [1.29, 1.82) is 0 Å². The van der Waals surface area contributed by atoms with E-state index < -0.39 is 11.5 Å². The molecule has 0 aliphatic rings. The van der Waals surface area contributed by atoms with Crippen molar-refractivity contribution in [2.45, 2.75) is 38.8 Å². The highest BCUT2D eigenvalue weighted by Gasteiger charge is 2.21. The number of hydrogen-bond donors (Lipinski definition) is 2. The second-order valence-electron chi connectivity index (χ2n) is 4.83. The van der Waals surface area contributed by atoms with Gasteiger partial charge in [0.05, 0.1) is 19.0 Å². The lowest BCUT2D eigenvalue weighted by Crippen LogP contribution is -2.45. The van der Waals surface area contributed by atoms with Gasteiger partial charge in [-0.25, -0.2) is 4.68 Å². The van der Waals surface area contributed by atoms with Crippen LogP contribution in [0.4, 0.5) is 5.69 Å². The number of halogens is 1. The molecule has 21 heavy (non-hydrogen) atoms. The van der Waals surface area contributed by atoms with Crippen LogP contribution in [0.15, 0.2) is 11.0 Å². The lowest BCUT2D eigenvalue weighted by molar-refractivity contribution is -0.141. The number of rotatable bonds is 7. The molecule has 1 aromatic heterocycles. The topological polar surface area (TPSA) is 99.2 Å². The van der Waals surface area contributed by atoms with Crippen molar-refractivity contribution >= 4 is 23.3 Å². The Bertz CT molecular complexity index is 555. The molecule has 8 heteroatoms. The summed E-state index contributed by atoms with van der Waals surface area (Å²) >= 11 is 6.01. The Hall–Kier alpha value is -1.60. The summed E-state index contributed by atoms with van der Waals surface area (Å²) in [6, 6.07) is 0. The highest BCUT2D eigenvalue weighted by atomic mass is 35.5. The van der Waals surface area contributed by atoms with Crippen molar-refractivity contribution < 1.29 is 9.53 Å². The van der Waals surface area contributed by atoms with E-state index in [1.54, 1.807) is 0 Å². The lowest BCUT2D eigenvalue weighted by Gasteiger charge is -2.27. The summed E-state index contributed by atoms with van der Waals surface area (Å²) in [6.07, 6.45) is 2.99. The van der Waals surface area contributed by atoms with Gasteiger partial charge in [0, 0.05) is 12.1 Å². The number of ether oxygens (including phenoxy) is 1. The predicted octanol–water partition coefficient (Wildman–Crippen LogP) is 0.999. The van der Waals surface area contributed by atoms with E-state index in [4.69, 9.17) is 17.3 Å². The van der Waals surface area contributed by atoms with Gasteiger partial charge in [0.15, 0.2) is 0 Å². The molecule has 7 nitrogen and oxygen atoms in total. The van der Waals surface area contributed by atoms with Gasteiger partial charge in [0.1, 0.15) is 11.6 Å². The molecule has 0 fully saturated rings. The fourth-order valence-corrected chi connectivity index (χ4v) is 1.87. The minimum absolute atomic E-state index is 0.0246. The zero-order chi connectivity index (χ0) is 16.0. The average molecular weight is 317 g/mol. The van der Waals surface area contributed by atoms with Crippen molar-refractivity contribution in [3.63, 3.8) is 0 Å². The molecule has 0 aliphatic heterocycles. The Kier molecular flexibility index (Phi) is 6.17. The Morgan fingerprint density at radius 2 is 2.14 bits per heavy atom. The smallest absolute Gasteiger partial charge is 0.327 e. The number of nitrogens with two attached hydrogens (primary N) is 1. The van der Waals surface area contributed by atoms with Crippen LogP contribution in [0.1, 0.15) is 26.7 Å². The molecule has 3 N–H and O–H groups in total. The molecular formula is C13H21ClN4O3. The van der Waals surface area contributed by atoms with Crippen molar-refractivity contribution in [3.05, 3.63) is 21.6 Å². The largest absolute Gasteiger partial charge is 0.468 e. The van der Waals surface area contributed by atoms with E-state index in [0.717, 1.165) is 17.5 Å². The quantitative estimate of drug-likeness (QED) is 0.728. The van der Waals surface area contributed by atoms with Crippen LogP contribution in [0.5, 0.6) is 0 Å². The third-order valence-electron chi connectivity index (χ3n) is 3.53. The molecule has 1 heterocycles. The van der Waals surface area contributed by atoms with Crippen LogP contribution in [-0.4, -0.2) is 34.9 Å². The highest BCUT2D eigenvalue weighted by Crippen LogP contribution is 2.18. The number of hydrogen-bond acceptors (Lipinski definition) is 6. The average Bonchev–Trinajstić information content (AvgIpc) is 2.50. The Morgan fingerprint density at radius 1 is 1.52 bits per heavy atom. The molecule has 0 saturated carbocycles. The van der Waals surface area contributed by atoms with E-state index in [9.17, 15) is 9.59 Å². The van der Waals surface area contributed by atoms with Crippen LogP contribution >= 0.6 is 11.6 Å². The van der Waals surface area contributed by atoms with Crippen LogP contribution < -0.4 is 16.6 Å². The third kappa shape index (κ3) is 4.44. The molecule has 1 rings (SSSR count). The SMILES string of the molecule is CCC(N)(CC)CNc1cnn(CC(=O)OC)c(=O)c1Cl. The Labute approximate surface area is 128 Å². The second-order valence-corrected chi connectivity index (χ2v) is 5.21. The fraction of sp³-hybridized carbons (Fsp3) is 0.615. The molecule has 0 amide bonds. The van der Waals surface area contributed by atoms with Crippen molar-refractivity contribution in [1.82, 2.24) is 9.78 Å². The molecular weight excluding hydrogens is 296 g/mol. The van der Waals surface area contributed by atoms with E-state index >= 15 is 0 Å². The van der Waals surface area contributed by atoms with Crippen molar-refractivity contribution in [2.75, 3.05) is 19.0 Å². The first-order chi connectivity index (χ1) is 9.86. The molecule has 1 aromatic rings. The number of carbonyl (C=O) groups excluding carboxylic acids is 1. The Balaban J connectivity index is 2.90. The minimum atomic E-state index is -0.570. The molecule has 0 unspecified atom stereocenters. The van der Waals surface area contributed by atoms with Gasteiger partial charge in [-0.3, -0.25) is 9.59 Å². The first-order valence-electron chi connectivity index (χ1n) is 6.72.